The molecule has 116 valence electrons. The predicted octanol–water partition coefficient (Wildman–Crippen LogP) is 2.65. The van der Waals surface area contributed by atoms with E-state index in [2.05, 4.69) is 10.5 Å². The van der Waals surface area contributed by atoms with E-state index in [0.29, 0.717) is 10.8 Å². The van der Waals surface area contributed by atoms with Crippen molar-refractivity contribution in [2.24, 2.45) is 0 Å². The lowest BCUT2D eigenvalue weighted by atomic mass is 10.1. The molecule has 1 aromatic heterocycles. The molecule has 0 bridgehead atoms. The molecule has 0 unspecified atom stereocenters. The Morgan fingerprint density at radius 2 is 2.36 bits per heavy atom. The summed E-state index contributed by atoms with van der Waals surface area (Å²) in [5, 5.41) is 7.89. The van der Waals surface area contributed by atoms with E-state index in [0.717, 1.165) is 48.7 Å². The van der Waals surface area contributed by atoms with Crippen LogP contribution >= 0.6 is 11.6 Å². The second-order valence-corrected chi connectivity index (χ2v) is 6.11. The molecule has 4 rings (SSSR count). The van der Waals surface area contributed by atoms with Gasteiger partial charge in [-0.25, -0.2) is 0 Å². The number of hydrogen-bond donors (Lipinski definition) is 1. The SMILES string of the molecule is Cc1onc2c1[C@H]2Oc1ccc(C[C@@H]2CNCCO2)cc1Cl. The molecule has 2 aromatic rings. The van der Waals surface area contributed by atoms with Crippen molar-refractivity contribution in [3.05, 3.63) is 45.8 Å². The van der Waals surface area contributed by atoms with Crippen LogP contribution in [0.1, 0.15) is 28.7 Å². The lowest BCUT2D eigenvalue weighted by Gasteiger charge is -2.23. The molecule has 1 saturated heterocycles. The maximum Gasteiger partial charge on any atom is 0.175 e. The van der Waals surface area contributed by atoms with Gasteiger partial charge < -0.3 is 19.3 Å². The number of nitrogens with zero attached hydrogens (tertiary/aromatic N) is 1. The van der Waals surface area contributed by atoms with Gasteiger partial charge in [0.2, 0.25) is 0 Å². The highest BCUT2D eigenvalue weighted by Gasteiger charge is 2.43. The van der Waals surface area contributed by atoms with Crippen LogP contribution in [0.25, 0.3) is 0 Å². The first-order valence-electron chi connectivity index (χ1n) is 7.46. The predicted molar refractivity (Wildman–Crippen MR) is 81.5 cm³/mol. The van der Waals surface area contributed by atoms with E-state index in [4.69, 9.17) is 25.6 Å². The molecule has 22 heavy (non-hydrogen) atoms. The van der Waals surface area contributed by atoms with Gasteiger partial charge in [0, 0.05) is 13.1 Å². The lowest BCUT2D eigenvalue weighted by Crippen LogP contribution is -2.39. The molecule has 1 N–H and O–H groups in total. The summed E-state index contributed by atoms with van der Waals surface area (Å²) in [5.74, 6) is 1.49. The van der Waals surface area contributed by atoms with Crippen molar-refractivity contribution in [2.75, 3.05) is 19.7 Å². The molecule has 1 aliphatic carbocycles. The van der Waals surface area contributed by atoms with Crippen LogP contribution in [0, 0.1) is 6.92 Å². The summed E-state index contributed by atoms with van der Waals surface area (Å²) in [6, 6.07) is 5.91. The minimum Gasteiger partial charge on any atom is -0.477 e. The molecule has 2 aliphatic rings. The summed E-state index contributed by atoms with van der Waals surface area (Å²) in [6.07, 6.45) is 0.961. The summed E-state index contributed by atoms with van der Waals surface area (Å²) < 4.78 is 16.7. The van der Waals surface area contributed by atoms with E-state index < -0.39 is 0 Å². The first kappa shape index (κ1) is 14.1. The number of aromatic nitrogens is 1. The Balaban J connectivity index is 1.42. The summed E-state index contributed by atoms with van der Waals surface area (Å²) in [7, 11) is 0. The Labute approximate surface area is 133 Å². The van der Waals surface area contributed by atoms with E-state index in [1.807, 2.05) is 25.1 Å². The molecular weight excluding hydrogens is 304 g/mol. The van der Waals surface area contributed by atoms with Gasteiger partial charge in [-0.15, -0.1) is 0 Å². The highest BCUT2D eigenvalue weighted by Crippen LogP contribution is 2.47. The standard InChI is InChI=1S/C16H17ClN2O3/c1-9-14-15(19-22-9)16(14)21-13-3-2-10(7-12(13)17)6-11-8-18-4-5-20-11/h2-3,7,11,16,18H,4-6,8H2,1H3/t11-,16-/m1/s1. The van der Waals surface area contributed by atoms with Crippen molar-refractivity contribution in [1.29, 1.82) is 0 Å². The fraction of sp³-hybridized carbons (Fsp3) is 0.438. The Kier molecular flexibility index (Phi) is 3.56. The maximum absolute atomic E-state index is 6.34. The zero-order chi connectivity index (χ0) is 15.1. The molecule has 2 heterocycles. The third-order valence-electron chi connectivity index (χ3n) is 4.07. The van der Waals surface area contributed by atoms with Gasteiger partial charge in [0.1, 0.15) is 17.2 Å². The summed E-state index contributed by atoms with van der Waals surface area (Å²) in [6.45, 7) is 4.46. The van der Waals surface area contributed by atoms with Gasteiger partial charge in [0.25, 0.3) is 0 Å². The van der Waals surface area contributed by atoms with E-state index in [1.165, 1.54) is 0 Å². The molecule has 2 atom stereocenters. The third-order valence-corrected chi connectivity index (χ3v) is 4.37. The van der Waals surface area contributed by atoms with Gasteiger partial charge in [-0.3, -0.25) is 0 Å². The second-order valence-electron chi connectivity index (χ2n) is 5.70. The minimum absolute atomic E-state index is 0.0945. The van der Waals surface area contributed by atoms with Gasteiger partial charge >= 0.3 is 0 Å². The van der Waals surface area contributed by atoms with Gasteiger partial charge in [0.15, 0.2) is 6.10 Å². The van der Waals surface area contributed by atoms with E-state index in [9.17, 15) is 0 Å². The van der Waals surface area contributed by atoms with Crippen molar-refractivity contribution >= 4 is 11.6 Å². The largest absolute Gasteiger partial charge is 0.477 e. The fourth-order valence-corrected chi connectivity index (χ4v) is 3.09. The number of rotatable bonds is 4. The molecule has 0 spiro atoms. The summed E-state index contributed by atoms with van der Waals surface area (Å²) in [5.41, 5.74) is 3.07. The average molecular weight is 321 g/mol. The minimum atomic E-state index is -0.0945. The number of ether oxygens (including phenoxy) is 2. The highest BCUT2D eigenvalue weighted by molar-refractivity contribution is 6.32. The zero-order valence-corrected chi connectivity index (χ0v) is 13.0. The highest BCUT2D eigenvalue weighted by atomic mass is 35.5. The quantitative estimate of drug-likeness (QED) is 0.938. The molecule has 1 fully saturated rings. The van der Waals surface area contributed by atoms with E-state index in [1.54, 1.807) is 0 Å². The van der Waals surface area contributed by atoms with Gasteiger partial charge in [-0.05, 0) is 31.0 Å². The van der Waals surface area contributed by atoms with Crippen LogP contribution in [0.5, 0.6) is 5.75 Å². The molecule has 5 nitrogen and oxygen atoms in total. The van der Waals surface area contributed by atoms with Crippen molar-refractivity contribution in [3.8, 4) is 5.75 Å². The first-order chi connectivity index (χ1) is 10.7. The van der Waals surface area contributed by atoms with Crippen LogP contribution in [-0.4, -0.2) is 31.0 Å². The molecular formula is C16H17ClN2O3. The van der Waals surface area contributed by atoms with Gasteiger partial charge in [-0.2, -0.15) is 0 Å². The fourth-order valence-electron chi connectivity index (χ4n) is 2.84. The maximum atomic E-state index is 6.34. The molecule has 0 saturated carbocycles. The molecule has 0 radical (unpaired) electrons. The number of fused-ring (bicyclic) bond motifs is 1. The van der Waals surface area contributed by atoms with E-state index >= 15 is 0 Å². The van der Waals surface area contributed by atoms with Crippen molar-refractivity contribution in [3.63, 3.8) is 0 Å². The smallest absolute Gasteiger partial charge is 0.175 e. The number of hydrogen-bond acceptors (Lipinski definition) is 5. The second kappa shape index (κ2) is 5.57. The Morgan fingerprint density at radius 1 is 1.45 bits per heavy atom. The molecule has 6 heteroatoms. The Hall–Kier alpha value is -1.56. The van der Waals surface area contributed by atoms with Crippen LogP contribution in [-0.2, 0) is 11.2 Å². The van der Waals surface area contributed by atoms with Crippen LogP contribution < -0.4 is 10.1 Å². The number of benzene rings is 1. The summed E-state index contributed by atoms with van der Waals surface area (Å²) >= 11 is 6.34. The summed E-state index contributed by atoms with van der Waals surface area (Å²) in [4.78, 5) is 0. The molecule has 0 amide bonds. The van der Waals surface area contributed by atoms with Crippen molar-refractivity contribution < 1.29 is 14.0 Å². The Morgan fingerprint density at radius 3 is 3.05 bits per heavy atom. The molecule has 1 aliphatic heterocycles. The van der Waals surface area contributed by atoms with Gasteiger partial charge in [0.05, 0.1) is 23.3 Å². The van der Waals surface area contributed by atoms with Crippen molar-refractivity contribution in [1.82, 2.24) is 10.5 Å². The number of aryl methyl sites for hydroxylation is 1. The number of halogens is 1. The third kappa shape index (κ3) is 2.60. The van der Waals surface area contributed by atoms with Crippen LogP contribution in [0.2, 0.25) is 5.02 Å². The lowest BCUT2D eigenvalue weighted by molar-refractivity contribution is 0.0292. The van der Waals surface area contributed by atoms with Gasteiger partial charge in [-0.1, -0.05) is 22.8 Å². The Bertz CT molecular complexity index is 695. The van der Waals surface area contributed by atoms with Crippen LogP contribution in [0.15, 0.2) is 22.7 Å². The monoisotopic (exact) mass is 320 g/mol. The average Bonchev–Trinajstić information content (AvgIpc) is 3.07. The van der Waals surface area contributed by atoms with Crippen LogP contribution in [0.4, 0.5) is 0 Å². The topological polar surface area (TPSA) is 56.5 Å². The molecule has 1 aromatic carbocycles. The number of nitrogens with one attached hydrogen (secondary N) is 1. The normalized spacial score (nSPS) is 23.2. The first-order valence-corrected chi connectivity index (χ1v) is 7.83. The van der Waals surface area contributed by atoms with Crippen molar-refractivity contribution in [2.45, 2.75) is 25.6 Å². The van der Waals surface area contributed by atoms with E-state index in [-0.39, 0.29) is 12.2 Å². The number of morpholine rings is 1. The van der Waals surface area contributed by atoms with Crippen LogP contribution in [0.3, 0.4) is 0 Å². The zero-order valence-electron chi connectivity index (χ0n) is 12.3.